The highest BCUT2D eigenvalue weighted by molar-refractivity contribution is 6.03. The number of aliphatic imine (C=N–C) groups is 1. The second kappa shape index (κ2) is 10.1. The van der Waals surface area contributed by atoms with E-state index in [0.29, 0.717) is 17.9 Å². The van der Waals surface area contributed by atoms with Gasteiger partial charge in [-0.2, -0.15) is 0 Å². The quantitative estimate of drug-likeness (QED) is 0.554. The largest absolute Gasteiger partial charge is 0.493 e. The van der Waals surface area contributed by atoms with Gasteiger partial charge in [-0.3, -0.25) is 9.89 Å². The van der Waals surface area contributed by atoms with E-state index in [9.17, 15) is 0 Å². The fourth-order valence-corrected chi connectivity index (χ4v) is 6.43. The van der Waals surface area contributed by atoms with Gasteiger partial charge in [-0.25, -0.2) is 0 Å². The molecule has 0 spiro atoms. The summed E-state index contributed by atoms with van der Waals surface area (Å²) >= 11 is 0. The first-order valence-corrected chi connectivity index (χ1v) is 12.9. The van der Waals surface area contributed by atoms with Crippen LogP contribution in [0.3, 0.4) is 0 Å². The van der Waals surface area contributed by atoms with Crippen molar-refractivity contribution in [3.8, 4) is 23.0 Å². The number of hydrogen-bond acceptors (Lipinski definition) is 6. The zero-order chi connectivity index (χ0) is 24.5. The third kappa shape index (κ3) is 4.37. The van der Waals surface area contributed by atoms with Gasteiger partial charge in [0, 0.05) is 37.0 Å². The van der Waals surface area contributed by atoms with Crippen molar-refractivity contribution in [2.45, 2.75) is 45.1 Å². The van der Waals surface area contributed by atoms with Crippen LogP contribution in [0.25, 0.3) is 0 Å². The molecule has 35 heavy (non-hydrogen) atoms. The summed E-state index contributed by atoms with van der Waals surface area (Å²) in [6.45, 7) is 5.44. The molecule has 0 N–H and O–H groups in total. The Bertz CT molecular complexity index is 1110. The molecule has 2 aromatic rings. The van der Waals surface area contributed by atoms with Crippen LogP contribution >= 0.6 is 0 Å². The van der Waals surface area contributed by atoms with E-state index in [1.165, 1.54) is 34.4 Å². The summed E-state index contributed by atoms with van der Waals surface area (Å²) in [6.07, 6.45) is 5.36. The van der Waals surface area contributed by atoms with Gasteiger partial charge >= 0.3 is 0 Å². The summed E-state index contributed by atoms with van der Waals surface area (Å²) in [5.74, 6) is 4.49. The van der Waals surface area contributed by atoms with Gasteiger partial charge in [0.1, 0.15) is 0 Å². The van der Waals surface area contributed by atoms with E-state index in [4.69, 9.17) is 23.9 Å². The molecular weight excluding hydrogens is 440 g/mol. The third-order valence-electron chi connectivity index (χ3n) is 8.36. The van der Waals surface area contributed by atoms with E-state index >= 15 is 0 Å². The first kappa shape index (κ1) is 24.0. The molecule has 3 atom stereocenters. The smallest absolute Gasteiger partial charge is 0.161 e. The summed E-state index contributed by atoms with van der Waals surface area (Å²) in [7, 11) is 6.85. The molecule has 0 aliphatic carbocycles. The van der Waals surface area contributed by atoms with Gasteiger partial charge in [0.15, 0.2) is 23.0 Å². The van der Waals surface area contributed by atoms with E-state index < -0.39 is 0 Å². The summed E-state index contributed by atoms with van der Waals surface area (Å²) in [4.78, 5) is 7.73. The number of piperidine rings is 1. The topological polar surface area (TPSA) is 52.5 Å². The monoisotopic (exact) mass is 478 g/mol. The van der Waals surface area contributed by atoms with E-state index in [2.05, 4.69) is 36.1 Å². The molecule has 0 aromatic heterocycles. The van der Waals surface area contributed by atoms with Crippen LogP contribution in [-0.2, 0) is 12.8 Å². The Morgan fingerprint density at radius 3 is 2.17 bits per heavy atom. The number of fused-ring (bicyclic) bond motifs is 4. The third-order valence-corrected chi connectivity index (χ3v) is 8.36. The van der Waals surface area contributed by atoms with Crippen molar-refractivity contribution in [1.29, 1.82) is 0 Å². The number of methoxy groups -OCH3 is 4. The summed E-state index contributed by atoms with van der Waals surface area (Å²) in [5.41, 5.74) is 6.59. The van der Waals surface area contributed by atoms with Gasteiger partial charge in [0.05, 0.1) is 28.4 Å². The Morgan fingerprint density at radius 2 is 1.49 bits per heavy atom. The number of nitrogens with zero attached hydrogens (tertiary/aromatic N) is 2. The van der Waals surface area contributed by atoms with Crippen molar-refractivity contribution in [3.05, 3.63) is 46.5 Å². The molecule has 3 aliphatic heterocycles. The Kier molecular flexibility index (Phi) is 6.92. The number of benzene rings is 2. The van der Waals surface area contributed by atoms with Crippen LogP contribution in [0.4, 0.5) is 0 Å². The molecule has 1 fully saturated rings. The first-order valence-electron chi connectivity index (χ1n) is 12.9. The lowest BCUT2D eigenvalue weighted by Gasteiger charge is -2.47. The maximum absolute atomic E-state index is 5.67. The molecule has 188 valence electrons. The number of ether oxygens (including phenoxy) is 4. The lowest BCUT2D eigenvalue weighted by molar-refractivity contribution is 0.0546. The Hall–Kier alpha value is -2.73. The van der Waals surface area contributed by atoms with Gasteiger partial charge in [0.2, 0.25) is 0 Å². The number of rotatable bonds is 7. The van der Waals surface area contributed by atoms with E-state index in [1.54, 1.807) is 28.4 Å². The molecule has 0 unspecified atom stereocenters. The molecule has 3 heterocycles. The minimum Gasteiger partial charge on any atom is -0.493 e. The van der Waals surface area contributed by atoms with Crippen molar-refractivity contribution in [1.82, 2.24) is 4.90 Å². The van der Waals surface area contributed by atoms with E-state index in [-0.39, 0.29) is 0 Å². The van der Waals surface area contributed by atoms with Crippen LogP contribution in [0.5, 0.6) is 23.0 Å². The van der Waals surface area contributed by atoms with Gasteiger partial charge in [-0.05, 0) is 78.5 Å². The highest BCUT2D eigenvalue weighted by atomic mass is 16.5. The van der Waals surface area contributed by atoms with Crippen molar-refractivity contribution >= 4 is 5.71 Å². The fourth-order valence-electron chi connectivity index (χ4n) is 6.43. The molecular formula is C29H38N2O4. The minimum atomic E-state index is 0.417. The Labute approximate surface area is 209 Å². The van der Waals surface area contributed by atoms with Crippen LogP contribution in [-0.4, -0.2) is 58.7 Å². The molecule has 0 saturated carbocycles. The van der Waals surface area contributed by atoms with Crippen molar-refractivity contribution in [2.75, 3.05) is 48.1 Å². The molecule has 5 rings (SSSR count). The van der Waals surface area contributed by atoms with Crippen molar-refractivity contribution in [3.63, 3.8) is 0 Å². The van der Waals surface area contributed by atoms with Gasteiger partial charge in [-0.1, -0.05) is 13.3 Å². The number of hydrogen-bond donors (Lipinski definition) is 0. The lowest BCUT2D eigenvalue weighted by Crippen LogP contribution is -2.46. The first-order chi connectivity index (χ1) is 17.1. The molecule has 0 radical (unpaired) electrons. The van der Waals surface area contributed by atoms with Crippen molar-refractivity contribution < 1.29 is 18.9 Å². The SMILES string of the molecule is CC[C@@H]1CN2CCc3cc(OC)c(OC)cc3[C@H]2C[C@H]1CC1=NCCc2cc(OC)c(OC)cc21. The predicted molar refractivity (Wildman–Crippen MR) is 139 cm³/mol. The molecule has 6 nitrogen and oxygen atoms in total. The van der Waals surface area contributed by atoms with Crippen LogP contribution < -0.4 is 18.9 Å². The highest BCUT2D eigenvalue weighted by Gasteiger charge is 2.39. The van der Waals surface area contributed by atoms with E-state index in [1.807, 2.05) is 0 Å². The molecule has 3 aliphatic rings. The zero-order valence-electron chi connectivity index (χ0n) is 21.7. The minimum absolute atomic E-state index is 0.417. The Morgan fingerprint density at radius 1 is 0.829 bits per heavy atom. The van der Waals surface area contributed by atoms with Gasteiger partial charge in [0.25, 0.3) is 0 Å². The fraction of sp³-hybridized carbons (Fsp3) is 0.552. The van der Waals surface area contributed by atoms with Gasteiger partial charge < -0.3 is 18.9 Å². The summed E-state index contributed by atoms with van der Waals surface area (Å²) in [5, 5.41) is 0. The van der Waals surface area contributed by atoms with Crippen molar-refractivity contribution in [2.24, 2.45) is 16.8 Å². The highest BCUT2D eigenvalue weighted by Crippen LogP contribution is 2.46. The normalized spacial score (nSPS) is 23.5. The predicted octanol–water partition coefficient (Wildman–Crippen LogP) is 5.10. The molecule has 2 aromatic carbocycles. The standard InChI is InChI=1S/C29H38N2O4/c1-6-18-17-31-10-8-20-14-27(33-3)29(35-5)16-23(20)25(31)12-21(18)11-24-22-15-28(34-4)26(32-2)13-19(22)7-9-30-24/h13-16,18,21,25H,6-12,17H2,1-5H3/t18-,21-,25-/m1/s1. The maximum atomic E-state index is 5.67. The van der Waals surface area contributed by atoms with Crippen LogP contribution in [0.1, 0.15) is 54.5 Å². The molecule has 0 bridgehead atoms. The van der Waals surface area contributed by atoms with Crippen LogP contribution in [0, 0.1) is 11.8 Å². The second-order valence-electron chi connectivity index (χ2n) is 9.98. The molecule has 1 saturated heterocycles. The van der Waals surface area contributed by atoms with Crippen LogP contribution in [0.2, 0.25) is 0 Å². The second-order valence-corrected chi connectivity index (χ2v) is 9.98. The Balaban J connectivity index is 1.44. The lowest BCUT2D eigenvalue weighted by atomic mass is 9.73. The average Bonchev–Trinajstić information content (AvgIpc) is 2.91. The summed E-state index contributed by atoms with van der Waals surface area (Å²) < 4.78 is 22.4. The van der Waals surface area contributed by atoms with E-state index in [0.717, 1.165) is 68.3 Å². The summed E-state index contributed by atoms with van der Waals surface area (Å²) in [6, 6.07) is 9.10. The zero-order valence-corrected chi connectivity index (χ0v) is 21.7. The maximum Gasteiger partial charge on any atom is 0.161 e. The molecule has 6 heteroatoms. The van der Waals surface area contributed by atoms with Crippen LogP contribution in [0.15, 0.2) is 29.3 Å². The van der Waals surface area contributed by atoms with Gasteiger partial charge in [-0.15, -0.1) is 0 Å². The average molecular weight is 479 g/mol. The molecule has 0 amide bonds.